The van der Waals surface area contributed by atoms with Crippen LogP contribution in [0.25, 0.3) is 0 Å². The highest BCUT2D eigenvalue weighted by Gasteiger charge is 2.18. The molecule has 0 bridgehead atoms. The molecule has 0 aromatic carbocycles. The van der Waals surface area contributed by atoms with Crippen molar-refractivity contribution in [2.24, 2.45) is 0 Å². The van der Waals surface area contributed by atoms with E-state index in [0.717, 1.165) is 57.8 Å². The molecule has 0 aliphatic carbocycles. The molecule has 6 heteroatoms. The molecule has 0 fully saturated rings. The van der Waals surface area contributed by atoms with Crippen molar-refractivity contribution < 1.29 is 24.5 Å². The van der Waals surface area contributed by atoms with Crippen molar-refractivity contribution in [2.75, 3.05) is 13.2 Å². The van der Waals surface area contributed by atoms with Crippen molar-refractivity contribution >= 4 is 11.9 Å². The standard InChI is InChI=1S/C53H99NO5/c1-3-5-7-9-11-13-15-16-19-23-27-31-35-39-43-47-53(58)59-48-44-40-36-32-28-24-21-18-17-20-22-26-30-34-38-42-46-52(57)54-50(49-55)51(56)45-41-37-33-29-25-14-12-10-8-6-4-2/h11,13,16,19,41,45,50-51,55-56H,3-10,12,14-15,17-18,20-40,42-44,46-49H2,1-2H3,(H,54,57)/b13-11-,19-16-,45-41+. The molecule has 346 valence electrons. The average Bonchev–Trinajstić information content (AvgIpc) is 3.24. The average molecular weight is 830 g/mol. The second kappa shape index (κ2) is 48.7. The molecular weight excluding hydrogens is 731 g/mol. The maximum atomic E-state index is 12.4. The van der Waals surface area contributed by atoms with Crippen LogP contribution < -0.4 is 5.32 Å². The Balaban J connectivity index is 3.45. The zero-order valence-corrected chi connectivity index (χ0v) is 39.2. The predicted molar refractivity (Wildman–Crippen MR) is 255 cm³/mol. The van der Waals surface area contributed by atoms with Gasteiger partial charge in [0.15, 0.2) is 0 Å². The van der Waals surface area contributed by atoms with E-state index in [2.05, 4.69) is 43.5 Å². The third-order valence-corrected chi connectivity index (χ3v) is 11.7. The van der Waals surface area contributed by atoms with Crippen molar-refractivity contribution in [3.8, 4) is 0 Å². The first-order chi connectivity index (χ1) is 29.0. The molecule has 0 rings (SSSR count). The number of aliphatic hydroxyl groups is 2. The van der Waals surface area contributed by atoms with Crippen molar-refractivity contribution in [1.82, 2.24) is 5.32 Å². The largest absolute Gasteiger partial charge is 0.466 e. The fourth-order valence-corrected chi connectivity index (χ4v) is 7.66. The summed E-state index contributed by atoms with van der Waals surface area (Å²) in [5, 5.41) is 23.0. The molecule has 0 aliphatic heterocycles. The molecule has 2 atom stereocenters. The van der Waals surface area contributed by atoms with Gasteiger partial charge in [-0.25, -0.2) is 0 Å². The molecule has 0 saturated carbocycles. The quantitative estimate of drug-likeness (QED) is 0.0323. The van der Waals surface area contributed by atoms with Crippen molar-refractivity contribution in [1.29, 1.82) is 0 Å². The van der Waals surface area contributed by atoms with E-state index in [4.69, 9.17) is 4.74 Å². The fourth-order valence-electron chi connectivity index (χ4n) is 7.66. The third-order valence-electron chi connectivity index (χ3n) is 11.7. The van der Waals surface area contributed by atoms with E-state index in [1.54, 1.807) is 6.08 Å². The maximum Gasteiger partial charge on any atom is 0.305 e. The van der Waals surface area contributed by atoms with E-state index < -0.39 is 12.1 Å². The predicted octanol–water partition coefficient (Wildman–Crippen LogP) is 15.3. The van der Waals surface area contributed by atoms with Crippen LogP contribution in [0.2, 0.25) is 0 Å². The lowest BCUT2D eigenvalue weighted by Crippen LogP contribution is -2.45. The molecule has 59 heavy (non-hydrogen) atoms. The van der Waals surface area contributed by atoms with Gasteiger partial charge in [-0.15, -0.1) is 0 Å². The number of ether oxygens (including phenoxy) is 1. The minimum atomic E-state index is -0.848. The number of amides is 1. The van der Waals surface area contributed by atoms with Crippen LogP contribution >= 0.6 is 0 Å². The second-order valence-corrected chi connectivity index (χ2v) is 17.5. The van der Waals surface area contributed by atoms with Crippen LogP contribution in [-0.2, 0) is 14.3 Å². The number of allylic oxidation sites excluding steroid dienone is 5. The van der Waals surface area contributed by atoms with Gasteiger partial charge in [-0.05, 0) is 64.2 Å². The Bertz CT molecular complexity index is 962. The highest BCUT2D eigenvalue weighted by Crippen LogP contribution is 2.15. The summed E-state index contributed by atoms with van der Waals surface area (Å²) in [5.41, 5.74) is 0. The highest BCUT2D eigenvalue weighted by atomic mass is 16.5. The van der Waals surface area contributed by atoms with Crippen molar-refractivity contribution in [3.63, 3.8) is 0 Å². The summed E-state index contributed by atoms with van der Waals surface area (Å²) in [6.07, 6.45) is 58.6. The van der Waals surface area contributed by atoms with Gasteiger partial charge in [0.1, 0.15) is 0 Å². The summed E-state index contributed by atoms with van der Waals surface area (Å²) in [6.45, 7) is 4.84. The van der Waals surface area contributed by atoms with E-state index in [0.29, 0.717) is 19.4 Å². The first-order valence-corrected chi connectivity index (χ1v) is 25.8. The fraction of sp³-hybridized carbons (Fsp3) is 0.849. The molecule has 3 N–H and O–H groups in total. The molecule has 0 aromatic heterocycles. The summed E-state index contributed by atoms with van der Waals surface area (Å²) in [4.78, 5) is 24.4. The SMILES string of the molecule is CCCCC/C=C\C/C=C\CCCCCCCC(=O)OCCCCCCCCCCCCCCCCCCC(=O)NC(CO)C(O)/C=C/CCCCCCCCCCC. The lowest BCUT2D eigenvalue weighted by Gasteiger charge is -2.20. The van der Waals surface area contributed by atoms with Gasteiger partial charge in [-0.1, -0.05) is 224 Å². The lowest BCUT2D eigenvalue weighted by atomic mass is 10.0. The summed E-state index contributed by atoms with van der Waals surface area (Å²) in [7, 11) is 0. The van der Waals surface area contributed by atoms with Gasteiger partial charge < -0.3 is 20.3 Å². The Morgan fingerprint density at radius 3 is 1.32 bits per heavy atom. The number of carbonyl (C=O) groups is 2. The van der Waals surface area contributed by atoms with E-state index in [9.17, 15) is 19.8 Å². The van der Waals surface area contributed by atoms with Crippen LogP contribution in [0.15, 0.2) is 36.5 Å². The summed E-state index contributed by atoms with van der Waals surface area (Å²) in [6, 6.07) is -0.632. The summed E-state index contributed by atoms with van der Waals surface area (Å²) < 4.78 is 5.46. The van der Waals surface area contributed by atoms with Gasteiger partial charge in [0, 0.05) is 12.8 Å². The zero-order chi connectivity index (χ0) is 43.0. The van der Waals surface area contributed by atoms with Crippen molar-refractivity contribution in [2.45, 2.75) is 276 Å². The summed E-state index contributed by atoms with van der Waals surface area (Å²) >= 11 is 0. The van der Waals surface area contributed by atoms with Crippen LogP contribution in [0, 0.1) is 0 Å². The van der Waals surface area contributed by atoms with Gasteiger partial charge in [0.05, 0.1) is 25.4 Å². The van der Waals surface area contributed by atoms with Crippen LogP contribution in [0.4, 0.5) is 0 Å². The summed E-state index contributed by atoms with van der Waals surface area (Å²) in [5.74, 6) is -0.0899. The van der Waals surface area contributed by atoms with Crippen LogP contribution in [0.1, 0.15) is 264 Å². The second-order valence-electron chi connectivity index (χ2n) is 17.5. The zero-order valence-electron chi connectivity index (χ0n) is 39.2. The van der Waals surface area contributed by atoms with Crippen LogP contribution in [0.3, 0.4) is 0 Å². The molecule has 1 amide bonds. The molecule has 0 aliphatic rings. The molecule has 0 saturated heterocycles. The van der Waals surface area contributed by atoms with Crippen LogP contribution in [0.5, 0.6) is 0 Å². The number of hydrogen-bond acceptors (Lipinski definition) is 5. The Morgan fingerprint density at radius 2 is 0.847 bits per heavy atom. The highest BCUT2D eigenvalue weighted by molar-refractivity contribution is 5.76. The molecule has 0 spiro atoms. The number of rotatable bonds is 47. The van der Waals surface area contributed by atoms with Crippen molar-refractivity contribution in [3.05, 3.63) is 36.5 Å². The Morgan fingerprint density at radius 1 is 0.475 bits per heavy atom. The molecule has 2 unspecified atom stereocenters. The topological polar surface area (TPSA) is 95.9 Å². The van der Waals surface area contributed by atoms with Gasteiger partial charge in [0.25, 0.3) is 0 Å². The molecular formula is C53H99NO5. The van der Waals surface area contributed by atoms with Gasteiger partial charge in [0.2, 0.25) is 5.91 Å². The minimum Gasteiger partial charge on any atom is -0.466 e. The molecule has 0 aromatic rings. The van der Waals surface area contributed by atoms with E-state index in [-0.39, 0.29) is 18.5 Å². The monoisotopic (exact) mass is 830 g/mol. The normalized spacial score (nSPS) is 12.9. The lowest BCUT2D eigenvalue weighted by molar-refractivity contribution is -0.143. The number of nitrogens with one attached hydrogen (secondary N) is 1. The first kappa shape index (κ1) is 57.1. The van der Waals surface area contributed by atoms with Gasteiger partial charge in [-0.3, -0.25) is 9.59 Å². The Labute approximate surface area is 366 Å². The van der Waals surface area contributed by atoms with Gasteiger partial charge >= 0.3 is 5.97 Å². The third kappa shape index (κ3) is 45.4. The van der Waals surface area contributed by atoms with E-state index >= 15 is 0 Å². The van der Waals surface area contributed by atoms with Gasteiger partial charge in [-0.2, -0.15) is 0 Å². The Hall–Kier alpha value is -1.92. The first-order valence-electron chi connectivity index (χ1n) is 25.8. The number of hydrogen-bond donors (Lipinski definition) is 3. The maximum absolute atomic E-state index is 12.4. The number of esters is 1. The van der Waals surface area contributed by atoms with E-state index in [1.165, 1.54) is 180 Å². The Kier molecular flexibility index (Phi) is 47.2. The minimum absolute atomic E-state index is 0.0126. The van der Waals surface area contributed by atoms with Crippen LogP contribution in [-0.4, -0.2) is 47.4 Å². The number of unbranched alkanes of at least 4 members (excludes halogenated alkanes) is 32. The number of carbonyl (C=O) groups excluding carboxylic acids is 2. The molecule has 0 radical (unpaired) electrons. The molecule has 6 nitrogen and oxygen atoms in total. The van der Waals surface area contributed by atoms with E-state index in [1.807, 2.05) is 6.08 Å². The molecule has 0 heterocycles. The number of aliphatic hydroxyl groups excluding tert-OH is 2. The smallest absolute Gasteiger partial charge is 0.305 e.